The molecule has 2 aromatic rings. The normalized spacial score (nSPS) is 14.6. The molecular weight excluding hydrogens is 234 g/mol. The fourth-order valence-electron chi connectivity index (χ4n) is 1.45. The number of hydrogen-bond donors (Lipinski definition) is 1. The Hall–Kier alpha value is -1.66. The van der Waals surface area contributed by atoms with E-state index in [4.69, 9.17) is 19.4 Å². The molecule has 6 heteroatoms. The van der Waals surface area contributed by atoms with Crippen molar-refractivity contribution in [3.63, 3.8) is 0 Å². The van der Waals surface area contributed by atoms with Crippen molar-refractivity contribution in [2.45, 2.75) is 25.8 Å². The average Bonchev–Trinajstić information content (AvgIpc) is 3.00. The molecule has 98 valence electrons. The van der Waals surface area contributed by atoms with Gasteiger partial charge in [-0.15, -0.1) is 0 Å². The van der Waals surface area contributed by atoms with Crippen LogP contribution in [0.15, 0.2) is 27.5 Å². The van der Waals surface area contributed by atoms with E-state index in [0.717, 1.165) is 12.0 Å². The Labute approximate surface area is 105 Å². The second-order valence-electron chi connectivity index (χ2n) is 4.41. The van der Waals surface area contributed by atoms with Crippen LogP contribution in [0.1, 0.15) is 26.1 Å². The predicted octanol–water partition coefficient (Wildman–Crippen LogP) is 1.93. The third kappa shape index (κ3) is 2.77. The molecule has 0 radical (unpaired) electrons. The fourth-order valence-corrected chi connectivity index (χ4v) is 1.45. The molecule has 0 aliphatic rings. The van der Waals surface area contributed by atoms with E-state index >= 15 is 0 Å². The van der Waals surface area contributed by atoms with E-state index in [-0.39, 0.29) is 0 Å². The van der Waals surface area contributed by atoms with E-state index in [1.165, 1.54) is 0 Å². The van der Waals surface area contributed by atoms with Crippen molar-refractivity contribution in [2.75, 3.05) is 13.2 Å². The zero-order valence-electron chi connectivity index (χ0n) is 10.5. The number of ether oxygens (including phenoxy) is 1. The van der Waals surface area contributed by atoms with Gasteiger partial charge in [-0.1, -0.05) is 12.1 Å². The van der Waals surface area contributed by atoms with Gasteiger partial charge in [0.25, 0.3) is 5.89 Å². The summed E-state index contributed by atoms with van der Waals surface area (Å²) in [6.07, 6.45) is 4.03. The van der Waals surface area contributed by atoms with E-state index in [1.54, 1.807) is 18.6 Å². The highest BCUT2D eigenvalue weighted by molar-refractivity contribution is 5.49. The summed E-state index contributed by atoms with van der Waals surface area (Å²) in [7, 11) is 0. The van der Waals surface area contributed by atoms with Crippen LogP contribution in [0.4, 0.5) is 0 Å². The molecule has 0 fully saturated rings. The Balaban J connectivity index is 2.09. The van der Waals surface area contributed by atoms with E-state index < -0.39 is 5.54 Å². The first-order valence-electron chi connectivity index (χ1n) is 5.87. The topological polar surface area (TPSA) is 87.3 Å². The van der Waals surface area contributed by atoms with Crippen LogP contribution in [0.3, 0.4) is 0 Å². The highest BCUT2D eigenvalue weighted by Gasteiger charge is 2.28. The molecule has 0 saturated carbocycles. The van der Waals surface area contributed by atoms with Gasteiger partial charge in [-0.05, 0) is 19.4 Å². The molecule has 2 rings (SSSR count). The minimum atomic E-state index is -0.763. The maximum absolute atomic E-state index is 6.11. The molecule has 0 bridgehead atoms. The van der Waals surface area contributed by atoms with E-state index in [9.17, 15) is 0 Å². The zero-order chi connectivity index (χ0) is 13.0. The molecular formula is C12H17N3O3. The first-order chi connectivity index (χ1) is 8.63. The van der Waals surface area contributed by atoms with Crippen molar-refractivity contribution in [1.82, 2.24) is 10.1 Å². The summed E-state index contributed by atoms with van der Waals surface area (Å²) in [4.78, 5) is 4.26. The van der Waals surface area contributed by atoms with Gasteiger partial charge in [0, 0.05) is 6.61 Å². The lowest BCUT2D eigenvalue weighted by Gasteiger charge is -2.19. The largest absolute Gasteiger partial charge is 0.472 e. The van der Waals surface area contributed by atoms with Crippen LogP contribution in [0.25, 0.3) is 11.5 Å². The number of rotatable bonds is 6. The maximum atomic E-state index is 6.11. The number of nitrogens with two attached hydrogens (primary N) is 1. The van der Waals surface area contributed by atoms with Gasteiger partial charge in [0.15, 0.2) is 5.82 Å². The molecule has 0 aromatic carbocycles. The molecule has 1 atom stereocenters. The van der Waals surface area contributed by atoms with Crippen molar-refractivity contribution in [1.29, 1.82) is 0 Å². The molecule has 0 aliphatic heterocycles. The second-order valence-corrected chi connectivity index (χ2v) is 4.41. The minimum absolute atomic E-state index is 0.352. The van der Waals surface area contributed by atoms with E-state index in [2.05, 4.69) is 10.1 Å². The summed E-state index contributed by atoms with van der Waals surface area (Å²) in [5.41, 5.74) is 6.08. The summed E-state index contributed by atoms with van der Waals surface area (Å²) in [6.45, 7) is 4.87. The molecule has 0 spiro atoms. The van der Waals surface area contributed by atoms with Gasteiger partial charge in [-0.2, -0.15) is 4.98 Å². The zero-order valence-corrected chi connectivity index (χ0v) is 10.5. The second kappa shape index (κ2) is 5.32. The third-order valence-electron chi connectivity index (χ3n) is 2.46. The quantitative estimate of drug-likeness (QED) is 0.789. The van der Waals surface area contributed by atoms with E-state index in [0.29, 0.717) is 24.9 Å². The predicted molar refractivity (Wildman–Crippen MR) is 64.6 cm³/mol. The van der Waals surface area contributed by atoms with E-state index in [1.807, 2.05) is 13.8 Å². The SMILES string of the molecule is CCCOCC(C)(N)c1noc(-c2ccoc2)n1. The van der Waals surface area contributed by atoms with Crippen LogP contribution in [0.2, 0.25) is 0 Å². The molecule has 2 aromatic heterocycles. The Morgan fingerprint density at radius 1 is 1.50 bits per heavy atom. The van der Waals surface area contributed by atoms with Gasteiger partial charge >= 0.3 is 0 Å². The molecule has 6 nitrogen and oxygen atoms in total. The van der Waals surface area contributed by atoms with Gasteiger partial charge in [-0.3, -0.25) is 0 Å². The molecule has 1 unspecified atom stereocenters. The number of nitrogens with zero attached hydrogens (tertiary/aromatic N) is 2. The first kappa shape index (κ1) is 12.8. The summed E-state index contributed by atoms with van der Waals surface area (Å²) in [5.74, 6) is 0.820. The highest BCUT2D eigenvalue weighted by atomic mass is 16.5. The molecule has 2 N–H and O–H groups in total. The van der Waals surface area contributed by atoms with Crippen molar-refractivity contribution in [2.24, 2.45) is 5.73 Å². The van der Waals surface area contributed by atoms with Crippen LogP contribution in [-0.2, 0) is 10.3 Å². The van der Waals surface area contributed by atoms with Gasteiger partial charge in [0.05, 0.1) is 18.4 Å². The molecule has 18 heavy (non-hydrogen) atoms. The van der Waals surface area contributed by atoms with Crippen LogP contribution in [0, 0.1) is 0 Å². The Morgan fingerprint density at radius 3 is 3.00 bits per heavy atom. The standard InChI is InChI=1S/C12H17N3O3/c1-3-5-17-8-12(2,13)11-14-10(18-15-11)9-4-6-16-7-9/h4,6-7H,3,5,8,13H2,1-2H3. The van der Waals surface area contributed by atoms with Gasteiger partial charge < -0.3 is 19.4 Å². The summed E-state index contributed by atoms with van der Waals surface area (Å²) >= 11 is 0. The summed E-state index contributed by atoms with van der Waals surface area (Å²) in [6, 6.07) is 1.75. The van der Waals surface area contributed by atoms with Crippen molar-refractivity contribution >= 4 is 0 Å². The van der Waals surface area contributed by atoms with Crippen LogP contribution < -0.4 is 5.73 Å². The van der Waals surface area contributed by atoms with Crippen molar-refractivity contribution in [3.8, 4) is 11.5 Å². The lowest BCUT2D eigenvalue weighted by Crippen LogP contribution is -2.39. The average molecular weight is 251 g/mol. The Morgan fingerprint density at radius 2 is 2.33 bits per heavy atom. The van der Waals surface area contributed by atoms with Gasteiger partial charge in [0.1, 0.15) is 11.8 Å². The van der Waals surface area contributed by atoms with Crippen molar-refractivity contribution < 1.29 is 13.7 Å². The van der Waals surface area contributed by atoms with Gasteiger partial charge in [0.2, 0.25) is 0 Å². The molecule has 0 saturated heterocycles. The Bertz CT molecular complexity index is 476. The summed E-state index contributed by atoms with van der Waals surface area (Å²) < 4.78 is 15.5. The minimum Gasteiger partial charge on any atom is -0.472 e. The first-order valence-corrected chi connectivity index (χ1v) is 5.87. The molecule has 0 amide bonds. The third-order valence-corrected chi connectivity index (χ3v) is 2.46. The highest BCUT2D eigenvalue weighted by Crippen LogP contribution is 2.21. The van der Waals surface area contributed by atoms with Crippen molar-refractivity contribution in [3.05, 3.63) is 24.4 Å². The van der Waals surface area contributed by atoms with Crippen LogP contribution >= 0.6 is 0 Å². The smallest absolute Gasteiger partial charge is 0.261 e. The number of aromatic nitrogens is 2. The fraction of sp³-hybridized carbons (Fsp3) is 0.500. The van der Waals surface area contributed by atoms with Gasteiger partial charge in [-0.25, -0.2) is 0 Å². The molecule has 0 aliphatic carbocycles. The summed E-state index contributed by atoms with van der Waals surface area (Å²) in [5, 5.41) is 3.89. The number of furan rings is 1. The number of hydrogen-bond acceptors (Lipinski definition) is 6. The maximum Gasteiger partial charge on any atom is 0.261 e. The lowest BCUT2D eigenvalue weighted by atomic mass is 10.1. The monoisotopic (exact) mass is 251 g/mol. The van der Waals surface area contributed by atoms with Crippen LogP contribution in [-0.4, -0.2) is 23.4 Å². The van der Waals surface area contributed by atoms with Crippen LogP contribution in [0.5, 0.6) is 0 Å². The lowest BCUT2D eigenvalue weighted by molar-refractivity contribution is 0.0867. The molecule has 2 heterocycles. The Kier molecular flexibility index (Phi) is 3.78.